The van der Waals surface area contributed by atoms with Crippen LogP contribution < -0.4 is 45.0 Å². The van der Waals surface area contributed by atoms with Crippen molar-refractivity contribution in [2.24, 2.45) is 40.3 Å². The molecule has 1 unspecified atom stereocenters. The molecule has 0 aromatic heterocycles. The van der Waals surface area contributed by atoms with Gasteiger partial charge in [0, 0.05) is 31.7 Å². The molecule has 5 aliphatic rings. The van der Waals surface area contributed by atoms with Gasteiger partial charge in [-0.15, -0.1) is 0 Å². The van der Waals surface area contributed by atoms with Crippen LogP contribution in [0.2, 0.25) is 0 Å². The lowest BCUT2D eigenvalue weighted by Crippen LogP contribution is -2.67. The van der Waals surface area contributed by atoms with Gasteiger partial charge in [0.2, 0.25) is 0 Å². The lowest BCUT2D eigenvalue weighted by atomic mass is 9.81. The Morgan fingerprint density at radius 2 is 1.44 bits per heavy atom. The number of nitrogens with two attached hydrogens (primary N) is 6. The molecular weight excluding hydrogens is 720 g/mol. The fourth-order valence-electron chi connectivity index (χ4n) is 7.43. The van der Waals surface area contributed by atoms with Crippen LogP contribution in [0.5, 0.6) is 0 Å². The molecule has 2 saturated carbocycles. The summed E-state index contributed by atoms with van der Waals surface area (Å²) in [5.74, 6) is -0.560. The summed E-state index contributed by atoms with van der Waals surface area (Å²) in [6.45, 7) is -0.0953. The number of ether oxygens (including phenoxy) is 6. The first kappa shape index (κ1) is 43.5. The summed E-state index contributed by atoms with van der Waals surface area (Å²) < 4.78 is 36.0. The van der Waals surface area contributed by atoms with Crippen molar-refractivity contribution in [3.05, 3.63) is 12.2 Å². The standard InChI is InChI=1S/C32H60N8O14/c33-6-17(42)22(44)29(48)40-16-5-15(37)26(52-30-14(36)2-1-13(49-30)9-39-8-11-3-12(35)4-11)28(21(16)43)54-32-25(47)27(19(10-41)51-32)53-31-20(38)24(46)23(45)18(7-34)50-31/h1-2,11-28,30-32,39,41-47H,3-10,33-38H2,(H,40,48)/t11?,12?,13-,14+,15-,16+,17+,18-,19+,20+,21-,22?,23+,24+,25+,26+,27+,28+,30+,31+,32-/m0/s1. The smallest absolute Gasteiger partial charge is 0.251 e. The minimum absolute atomic E-state index is 0.109. The van der Waals surface area contributed by atoms with Gasteiger partial charge in [-0.25, -0.2) is 0 Å². The molecule has 22 nitrogen and oxygen atoms in total. The van der Waals surface area contributed by atoms with Crippen molar-refractivity contribution >= 4 is 5.91 Å². The lowest BCUT2D eigenvalue weighted by Gasteiger charge is -2.46. The zero-order chi connectivity index (χ0) is 39.4. The summed E-state index contributed by atoms with van der Waals surface area (Å²) in [6, 6.07) is -4.00. The monoisotopic (exact) mass is 780 g/mol. The van der Waals surface area contributed by atoms with Crippen LogP contribution in [-0.2, 0) is 33.2 Å². The van der Waals surface area contributed by atoms with E-state index in [0.29, 0.717) is 12.5 Å². The molecule has 54 heavy (non-hydrogen) atoms. The van der Waals surface area contributed by atoms with Crippen molar-refractivity contribution in [1.82, 2.24) is 10.6 Å². The van der Waals surface area contributed by atoms with Crippen molar-refractivity contribution in [1.29, 1.82) is 0 Å². The summed E-state index contributed by atoms with van der Waals surface area (Å²) in [4.78, 5) is 12.8. The number of hydrogen-bond donors (Lipinski definition) is 15. The molecule has 1 amide bonds. The molecule has 22 heteroatoms. The Labute approximate surface area is 312 Å². The van der Waals surface area contributed by atoms with Gasteiger partial charge in [0.05, 0.1) is 30.8 Å². The van der Waals surface area contributed by atoms with Crippen LogP contribution in [0.1, 0.15) is 19.3 Å². The molecule has 0 radical (unpaired) electrons. The fourth-order valence-corrected chi connectivity index (χ4v) is 7.43. The number of carbonyl (C=O) groups excluding carboxylic acids is 1. The van der Waals surface area contributed by atoms with Crippen molar-refractivity contribution in [3.63, 3.8) is 0 Å². The molecule has 0 aromatic carbocycles. The molecule has 2 aliphatic carbocycles. The minimum atomic E-state index is -1.92. The van der Waals surface area contributed by atoms with E-state index in [2.05, 4.69) is 10.6 Å². The Morgan fingerprint density at radius 1 is 0.778 bits per heavy atom. The zero-order valence-corrected chi connectivity index (χ0v) is 29.9. The lowest BCUT2D eigenvalue weighted by molar-refractivity contribution is -0.284. The van der Waals surface area contributed by atoms with Gasteiger partial charge in [-0.05, 0) is 31.7 Å². The second-order valence-corrected chi connectivity index (χ2v) is 14.9. The molecule has 0 aromatic rings. The number of aliphatic hydroxyl groups excluding tert-OH is 7. The minimum Gasteiger partial charge on any atom is -0.394 e. The molecular formula is C32H60N8O14. The van der Waals surface area contributed by atoms with Crippen LogP contribution in [-0.4, -0.2) is 197 Å². The molecule has 0 bridgehead atoms. The summed E-state index contributed by atoms with van der Waals surface area (Å²) in [5.41, 5.74) is 35.9. The molecule has 3 aliphatic heterocycles. The van der Waals surface area contributed by atoms with E-state index in [9.17, 15) is 40.5 Å². The SMILES string of the molecule is NC[C@@H](O)C(O)C(=O)N[C@@H]1C[C@H](N)[C@@H](O[C@H]2O[C@H](CNCC3CC(N)C3)C=C[C@H]2N)[C@H](O[C@@H]2O[C@H](CO)[C@@H](O[C@H]3O[C@@H](CN)[C@@H](O)[C@H](O)[C@H]3N)[C@H]2O)[C@H]1O. The molecule has 3 heterocycles. The maximum absolute atomic E-state index is 12.8. The van der Waals surface area contributed by atoms with Crippen LogP contribution in [0.15, 0.2) is 12.2 Å². The molecule has 5 rings (SSSR count). The van der Waals surface area contributed by atoms with E-state index in [-0.39, 0.29) is 19.0 Å². The predicted octanol–water partition coefficient (Wildman–Crippen LogP) is -8.85. The third kappa shape index (κ3) is 9.92. The Kier molecular flexibility index (Phi) is 15.5. The second kappa shape index (κ2) is 19.2. The number of hydrogen-bond acceptors (Lipinski definition) is 21. The summed E-state index contributed by atoms with van der Waals surface area (Å²) in [7, 11) is 0. The van der Waals surface area contributed by atoms with E-state index in [4.69, 9.17) is 62.8 Å². The van der Waals surface area contributed by atoms with E-state index in [0.717, 1.165) is 19.4 Å². The molecule has 19 atom stereocenters. The number of carbonyl (C=O) groups is 1. The van der Waals surface area contributed by atoms with Crippen LogP contribution >= 0.6 is 0 Å². The van der Waals surface area contributed by atoms with Gasteiger partial charge in [0.15, 0.2) is 25.0 Å². The maximum Gasteiger partial charge on any atom is 0.251 e. The summed E-state index contributed by atoms with van der Waals surface area (Å²) in [6.07, 6.45) is -15.4. The molecule has 2 saturated heterocycles. The van der Waals surface area contributed by atoms with Gasteiger partial charge >= 0.3 is 0 Å². The van der Waals surface area contributed by atoms with E-state index in [1.807, 2.05) is 0 Å². The zero-order valence-electron chi connectivity index (χ0n) is 29.9. The molecule has 312 valence electrons. The van der Waals surface area contributed by atoms with E-state index in [1.54, 1.807) is 12.2 Å². The highest BCUT2D eigenvalue weighted by atomic mass is 16.8. The highest BCUT2D eigenvalue weighted by Crippen LogP contribution is 2.34. The number of nitrogens with one attached hydrogen (secondary N) is 2. The second-order valence-electron chi connectivity index (χ2n) is 14.9. The number of amides is 1. The van der Waals surface area contributed by atoms with Gasteiger partial charge in [-0.1, -0.05) is 12.2 Å². The largest absolute Gasteiger partial charge is 0.394 e. The predicted molar refractivity (Wildman–Crippen MR) is 185 cm³/mol. The normalized spacial score (nSPS) is 46.5. The van der Waals surface area contributed by atoms with E-state index >= 15 is 0 Å². The van der Waals surface area contributed by atoms with Crippen molar-refractivity contribution in [2.75, 3.05) is 32.8 Å². The van der Waals surface area contributed by atoms with Crippen LogP contribution in [0.25, 0.3) is 0 Å². The van der Waals surface area contributed by atoms with E-state index < -0.39 is 135 Å². The molecule has 21 N–H and O–H groups in total. The van der Waals surface area contributed by atoms with Crippen LogP contribution in [0.4, 0.5) is 0 Å². The maximum atomic E-state index is 12.8. The fraction of sp³-hybridized carbons (Fsp3) is 0.906. The Bertz CT molecular complexity index is 1230. The first-order valence-electron chi connectivity index (χ1n) is 18.4. The highest BCUT2D eigenvalue weighted by Gasteiger charge is 2.54. The van der Waals surface area contributed by atoms with Gasteiger partial charge in [0.25, 0.3) is 5.91 Å². The third-order valence-electron chi connectivity index (χ3n) is 10.8. The number of rotatable bonds is 16. The Balaban J connectivity index is 1.31. The molecule has 0 spiro atoms. The van der Waals surface area contributed by atoms with Crippen molar-refractivity contribution in [3.8, 4) is 0 Å². The van der Waals surface area contributed by atoms with Gasteiger partial charge < -0.3 is 109 Å². The Morgan fingerprint density at radius 3 is 2.09 bits per heavy atom. The third-order valence-corrected chi connectivity index (χ3v) is 10.8. The van der Waals surface area contributed by atoms with Crippen molar-refractivity contribution < 1.29 is 69.0 Å². The van der Waals surface area contributed by atoms with Gasteiger partial charge in [-0.2, -0.15) is 0 Å². The average molecular weight is 781 g/mol. The Hall–Kier alpha value is -1.59. The topological polar surface area (TPSA) is 394 Å². The number of aliphatic hydroxyl groups is 7. The van der Waals surface area contributed by atoms with Crippen LogP contribution in [0, 0.1) is 5.92 Å². The van der Waals surface area contributed by atoms with Gasteiger partial charge in [0.1, 0.15) is 61.0 Å². The summed E-state index contributed by atoms with van der Waals surface area (Å²) in [5, 5.41) is 80.0. The van der Waals surface area contributed by atoms with E-state index in [1.165, 1.54) is 0 Å². The van der Waals surface area contributed by atoms with Crippen LogP contribution in [0.3, 0.4) is 0 Å². The van der Waals surface area contributed by atoms with Gasteiger partial charge in [-0.3, -0.25) is 4.79 Å². The highest BCUT2D eigenvalue weighted by molar-refractivity contribution is 5.81. The summed E-state index contributed by atoms with van der Waals surface area (Å²) >= 11 is 0. The molecule has 4 fully saturated rings. The first-order valence-corrected chi connectivity index (χ1v) is 18.4. The quantitative estimate of drug-likeness (QED) is 0.0646. The average Bonchev–Trinajstić information content (AvgIpc) is 3.44. The van der Waals surface area contributed by atoms with Crippen molar-refractivity contribution in [2.45, 2.75) is 142 Å². The first-order chi connectivity index (χ1) is 25.7.